The Balaban J connectivity index is 1.47. The van der Waals surface area contributed by atoms with Gasteiger partial charge in [-0.2, -0.15) is 0 Å². The quantitative estimate of drug-likeness (QED) is 0.682. The minimum absolute atomic E-state index is 0.0455. The molecule has 7 nitrogen and oxygen atoms in total. The molecule has 2 aromatic carbocycles. The van der Waals surface area contributed by atoms with Gasteiger partial charge in [-0.1, -0.05) is 6.92 Å². The van der Waals surface area contributed by atoms with Crippen molar-refractivity contribution in [2.45, 2.75) is 26.7 Å². The van der Waals surface area contributed by atoms with E-state index in [1.54, 1.807) is 48.5 Å². The topological polar surface area (TPSA) is 90.5 Å². The molecule has 0 aromatic heterocycles. The summed E-state index contributed by atoms with van der Waals surface area (Å²) in [5.41, 5.74) is 2.76. The Morgan fingerprint density at radius 3 is 2.00 bits per heavy atom. The number of carbonyl (C=O) groups is 3. The second-order valence-electron chi connectivity index (χ2n) is 7.71. The lowest BCUT2D eigenvalue weighted by Crippen LogP contribution is -2.37. The van der Waals surface area contributed by atoms with E-state index in [9.17, 15) is 14.4 Å². The normalized spacial score (nSPS) is 14.1. The highest BCUT2D eigenvalue weighted by atomic mass is 16.2. The summed E-state index contributed by atoms with van der Waals surface area (Å²) in [7, 11) is 0. The molecule has 1 heterocycles. The SMILES string of the molecule is CC(=O)Nc1ccc(NCC(=O)Nc2ccc(C(=O)N3CCC(C)CC3)cc2)cc1. The van der Waals surface area contributed by atoms with E-state index >= 15 is 0 Å². The minimum Gasteiger partial charge on any atom is -0.376 e. The predicted molar refractivity (Wildman–Crippen MR) is 119 cm³/mol. The number of rotatable bonds is 6. The third kappa shape index (κ3) is 6.07. The van der Waals surface area contributed by atoms with Gasteiger partial charge in [0.25, 0.3) is 5.91 Å². The fraction of sp³-hybridized carbons (Fsp3) is 0.348. The Hall–Kier alpha value is -3.35. The highest BCUT2D eigenvalue weighted by Crippen LogP contribution is 2.19. The van der Waals surface area contributed by atoms with Gasteiger partial charge in [-0.05, 0) is 67.3 Å². The zero-order chi connectivity index (χ0) is 21.5. The number of anilines is 3. The third-order valence-corrected chi connectivity index (χ3v) is 5.14. The smallest absolute Gasteiger partial charge is 0.253 e. The Bertz CT molecular complexity index is 886. The van der Waals surface area contributed by atoms with Gasteiger partial charge in [0.15, 0.2) is 0 Å². The molecule has 0 bridgehead atoms. The lowest BCUT2D eigenvalue weighted by atomic mass is 9.98. The Labute approximate surface area is 176 Å². The van der Waals surface area contributed by atoms with Crippen LogP contribution in [0.15, 0.2) is 48.5 Å². The summed E-state index contributed by atoms with van der Waals surface area (Å²) >= 11 is 0. The molecule has 7 heteroatoms. The molecule has 1 aliphatic heterocycles. The van der Waals surface area contributed by atoms with E-state index in [0.717, 1.165) is 31.6 Å². The fourth-order valence-electron chi connectivity index (χ4n) is 3.35. The standard InChI is InChI=1S/C23H28N4O3/c1-16-11-13-27(14-12-16)23(30)18-3-5-21(6-4-18)26-22(29)15-24-19-7-9-20(10-8-19)25-17(2)28/h3-10,16,24H,11-15H2,1-2H3,(H,25,28)(H,26,29). The van der Waals surface area contributed by atoms with Crippen LogP contribution in [0.5, 0.6) is 0 Å². The molecule has 0 atom stereocenters. The Kier molecular flexibility index (Phi) is 7.06. The van der Waals surface area contributed by atoms with Gasteiger partial charge in [0.05, 0.1) is 6.54 Å². The summed E-state index contributed by atoms with van der Waals surface area (Å²) in [4.78, 5) is 37.7. The molecule has 1 aliphatic rings. The van der Waals surface area contributed by atoms with Crippen LogP contribution in [-0.4, -0.2) is 42.3 Å². The van der Waals surface area contributed by atoms with Crippen molar-refractivity contribution < 1.29 is 14.4 Å². The molecule has 3 N–H and O–H groups in total. The molecule has 158 valence electrons. The molecule has 2 aromatic rings. The first-order valence-corrected chi connectivity index (χ1v) is 10.2. The molecule has 0 saturated carbocycles. The monoisotopic (exact) mass is 408 g/mol. The van der Waals surface area contributed by atoms with Crippen molar-refractivity contribution >= 4 is 34.8 Å². The van der Waals surface area contributed by atoms with Crippen LogP contribution in [0.25, 0.3) is 0 Å². The average Bonchev–Trinajstić information content (AvgIpc) is 2.73. The number of piperidine rings is 1. The summed E-state index contributed by atoms with van der Waals surface area (Å²) in [6.07, 6.45) is 2.09. The maximum atomic E-state index is 12.6. The first kappa shape index (κ1) is 21.4. The number of hydrogen-bond acceptors (Lipinski definition) is 4. The molecule has 0 spiro atoms. The maximum Gasteiger partial charge on any atom is 0.253 e. The lowest BCUT2D eigenvalue weighted by molar-refractivity contribution is -0.115. The summed E-state index contributed by atoms with van der Waals surface area (Å²) in [5.74, 6) is 0.401. The first-order chi connectivity index (χ1) is 14.4. The van der Waals surface area contributed by atoms with Crippen molar-refractivity contribution in [1.82, 2.24) is 4.90 Å². The van der Waals surface area contributed by atoms with Crippen LogP contribution in [0, 0.1) is 5.92 Å². The van der Waals surface area contributed by atoms with E-state index in [1.165, 1.54) is 6.92 Å². The summed E-state index contributed by atoms with van der Waals surface area (Å²) in [6.45, 7) is 5.38. The third-order valence-electron chi connectivity index (χ3n) is 5.14. The molecular formula is C23H28N4O3. The zero-order valence-electron chi connectivity index (χ0n) is 17.4. The van der Waals surface area contributed by atoms with Crippen molar-refractivity contribution in [3.05, 3.63) is 54.1 Å². The van der Waals surface area contributed by atoms with Gasteiger partial charge in [0, 0.05) is 42.6 Å². The van der Waals surface area contributed by atoms with Crippen molar-refractivity contribution in [2.24, 2.45) is 5.92 Å². The second-order valence-corrected chi connectivity index (χ2v) is 7.71. The number of amides is 3. The molecule has 30 heavy (non-hydrogen) atoms. The zero-order valence-corrected chi connectivity index (χ0v) is 17.4. The first-order valence-electron chi connectivity index (χ1n) is 10.2. The van der Waals surface area contributed by atoms with Gasteiger partial charge >= 0.3 is 0 Å². The fourth-order valence-corrected chi connectivity index (χ4v) is 3.35. The number of nitrogens with zero attached hydrogens (tertiary/aromatic N) is 1. The van der Waals surface area contributed by atoms with Crippen LogP contribution in [-0.2, 0) is 9.59 Å². The molecular weight excluding hydrogens is 380 g/mol. The van der Waals surface area contributed by atoms with E-state index in [1.807, 2.05) is 4.90 Å². The van der Waals surface area contributed by atoms with Crippen molar-refractivity contribution in [3.63, 3.8) is 0 Å². The number of benzene rings is 2. The maximum absolute atomic E-state index is 12.6. The van der Waals surface area contributed by atoms with E-state index in [0.29, 0.717) is 22.9 Å². The van der Waals surface area contributed by atoms with Gasteiger partial charge in [-0.3, -0.25) is 14.4 Å². The van der Waals surface area contributed by atoms with Crippen molar-refractivity contribution in [3.8, 4) is 0 Å². The molecule has 1 fully saturated rings. The number of likely N-dealkylation sites (tertiary alicyclic amines) is 1. The molecule has 3 rings (SSSR count). The number of nitrogens with one attached hydrogen (secondary N) is 3. The second kappa shape index (κ2) is 9.91. The van der Waals surface area contributed by atoms with Crippen LogP contribution < -0.4 is 16.0 Å². The van der Waals surface area contributed by atoms with E-state index < -0.39 is 0 Å². The van der Waals surface area contributed by atoms with Crippen LogP contribution in [0.1, 0.15) is 37.0 Å². The minimum atomic E-state index is -0.190. The average molecular weight is 409 g/mol. The van der Waals surface area contributed by atoms with Gasteiger partial charge in [0.2, 0.25) is 11.8 Å². The highest BCUT2D eigenvalue weighted by Gasteiger charge is 2.21. The summed E-state index contributed by atoms with van der Waals surface area (Å²) in [5, 5.41) is 8.55. The summed E-state index contributed by atoms with van der Waals surface area (Å²) < 4.78 is 0. The highest BCUT2D eigenvalue weighted by molar-refractivity contribution is 5.96. The molecule has 1 saturated heterocycles. The van der Waals surface area contributed by atoms with Gasteiger partial charge < -0.3 is 20.9 Å². The molecule has 3 amide bonds. The summed E-state index contributed by atoms with van der Waals surface area (Å²) in [6, 6.07) is 14.1. The Morgan fingerprint density at radius 1 is 0.867 bits per heavy atom. The van der Waals surface area contributed by atoms with Crippen molar-refractivity contribution in [1.29, 1.82) is 0 Å². The van der Waals surface area contributed by atoms with Crippen LogP contribution in [0.2, 0.25) is 0 Å². The van der Waals surface area contributed by atoms with E-state index in [4.69, 9.17) is 0 Å². The number of hydrogen-bond donors (Lipinski definition) is 3. The van der Waals surface area contributed by atoms with E-state index in [2.05, 4.69) is 22.9 Å². The van der Waals surface area contributed by atoms with Crippen molar-refractivity contribution in [2.75, 3.05) is 35.6 Å². The van der Waals surface area contributed by atoms with E-state index in [-0.39, 0.29) is 24.3 Å². The molecule has 0 unspecified atom stereocenters. The predicted octanol–water partition coefficient (Wildman–Crippen LogP) is 3.57. The number of carbonyl (C=O) groups excluding carboxylic acids is 3. The van der Waals surface area contributed by atoms with Gasteiger partial charge in [0.1, 0.15) is 0 Å². The van der Waals surface area contributed by atoms with Crippen LogP contribution in [0.3, 0.4) is 0 Å². The lowest BCUT2D eigenvalue weighted by Gasteiger charge is -2.30. The largest absolute Gasteiger partial charge is 0.376 e. The molecule has 0 radical (unpaired) electrons. The van der Waals surface area contributed by atoms with Crippen LogP contribution in [0.4, 0.5) is 17.1 Å². The van der Waals surface area contributed by atoms with Gasteiger partial charge in [-0.25, -0.2) is 0 Å². The van der Waals surface area contributed by atoms with Crippen LogP contribution >= 0.6 is 0 Å². The van der Waals surface area contributed by atoms with Gasteiger partial charge in [-0.15, -0.1) is 0 Å². The Morgan fingerprint density at radius 2 is 1.40 bits per heavy atom. The molecule has 0 aliphatic carbocycles.